The number of rotatable bonds is 5. The molecule has 2 heterocycles. The molecule has 0 unspecified atom stereocenters. The Morgan fingerprint density at radius 2 is 1.75 bits per heavy atom. The zero-order valence-electron chi connectivity index (χ0n) is 15.6. The van der Waals surface area contributed by atoms with Gasteiger partial charge >= 0.3 is 5.97 Å². The summed E-state index contributed by atoms with van der Waals surface area (Å²) < 4.78 is 4.63. The summed E-state index contributed by atoms with van der Waals surface area (Å²) in [5.74, 6) is -0.145. The Kier molecular flexibility index (Phi) is 6.21. The highest BCUT2D eigenvalue weighted by Gasteiger charge is 2.23. The number of aromatic nitrogens is 1. The standard InChI is InChI=1S/C20H22N4O4/c1-28-20(27)15-5-7-16(8-6-15)22-18(25)14-19(26)24-12-10-23(11-13-24)17-4-2-3-9-21-17/h2-9H,10-14H2,1H3,(H,22,25). The minimum Gasteiger partial charge on any atom is -0.465 e. The first-order valence-electron chi connectivity index (χ1n) is 8.99. The first kappa shape index (κ1) is 19.3. The van der Waals surface area contributed by atoms with Gasteiger partial charge < -0.3 is 19.9 Å². The van der Waals surface area contributed by atoms with Crippen molar-refractivity contribution in [1.82, 2.24) is 9.88 Å². The van der Waals surface area contributed by atoms with Gasteiger partial charge in [-0.2, -0.15) is 0 Å². The lowest BCUT2D eigenvalue weighted by atomic mass is 10.2. The maximum absolute atomic E-state index is 12.4. The lowest BCUT2D eigenvalue weighted by molar-refractivity contribution is -0.134. The van der Waals surface area contributed by atoms with Crippen LogP contribution in [0.25, 0.3) is 0 Å². The van der Waals surface area contributed by atoms with Crippen LogP contribution in [0.3, 0.4) is 0 Å². The number of nitrogens with one attached hydrogen (secondary N) is 1. The van der Waals surface area contributed by atoms with Crippen molar-refractivity contribution in [2.75, 3.05) is 43.5 Å². The highest BCUT2D eigenvalue weighted by atomic mass is 16.5. The van der Waals surface area contributed by atoms with Crippen molar-refractivity contribution >= 4 is 29.3 Å². The molecule has 1 fully saturated rings. The Labute approximate surface area is 163 Å². The van der Waals surface area contributed by atoms with E-state index in [0.29, 0.717) is 37.4 Å². The highest BCUT2D eigenvalue weighted by molar-refractivity contribution is 6.03. The minimum absolute atomic E-state index is 0.204. The van der Waals surface area contributed by atoms with Gasteiger partial charge in [-0.25, -0.2) is 9.78 Å². The van der Waals surface area contributed by atoms with Crippen LogP contribution in [0.4, 0.5) is 11.5 Å². The molecule has 0 radical (unpaired) electrons. The molecule has 3 rings (SSSR count). The summed E-state index contributed by atoms with van der Waals surface area (Å²) in [6.07, 6.45) is 1.53. The number of hydrogen-bond acceptors (Lipinski definition) is 6. The third-order valence-electron chi connectivity index (χ3n) is 4.51. The normalized spacial score (nSPS) is 13.8. The summed E-state index contributed by atoms with van der Waals surface area (Å²) >= 11 is 0. The fourth-order valence-electron chi connectivity index (χ4n) is 2.99. The van der Waals surface area contributed by atoms with Crippen molar-refractivity contribution < 1.29 is 19.1 Å². The Bertz CT molecular complexity index is 831. The summed E-state index contributed by atoms with van der Waals surface area (Å²) in [5.41, 5.74) is 0.910. The number of methoxy groups -OCH3 is 1. The molecule has 1 saturated heterocycles. The van der Waals surface area contributed by atoms with Crippen molar-refractivity contribution in [2.24, 2.45) is 0 Å². The van der Waals surface area contributed by atoms with E-state index >= 15 is 0 Å². The number of ether oxygens (including phenoxy) is 1. The lowest BCUT2D eigenvalue weighted by Crippen LogP contribution is -2.49. The van der Waals surface area contributed by atoms with E-state index in [4.69, 9.17) is 0 Å². The second kappa shape index (κ2) is 8.98. The Morgan fingerprint density at radius 1 is 1.04 bits per heavy atom. The molecule has 1 N–H and O–H groups in total. The second-order valence-electron chi connectivity index (χ2n) is 6.35. The average Bonchev–Trinajstić information content (AvgIpc) is 2.74. The fourth-order valence-corrected chi connectivity index (χ4v) is 2.99. The van der Waals surface area contributed by atoms with E-state index in [-0.39, 0.29) is 18.2 Å². The molecule has 1 aliphatic heterocycles. The molecule has 146 valence electrons. The van der Waals surface area contributed by atoms with Crippen molar-refractivity contribution in [3.8, 4) is 0 Å². The van der Waals surface area contributed by atoms with Gasteiger partial charge in [-0.15, -0.1) is 0 Å². The van der Waals surface area contributed by atoms with Gasteiger partial charge in [0.05, 0.1) is 12.7 Å². The van der Waals surface area contributed by atoms with Gasteiger partial charge in [-0.1, -0.05) is 6.07 Å². The molecule has 0 bridgehead atoms. The molecule has 8 nitrogen and oxygen atoms in total. The summed E-state index contributed by atoms with van der Waals surface area (Å²) in [6, 6.07) is 12.0. The molecular weight excluding hydrogens is 360 g/mol. The molecule has 0 atom stereocenters. The quantitative estimate of drug-likeness (QED) is 0.623. The van der Waals surface area contributed by atoms with Gasteiger partial charge in [0.2, 0.25) is 11.8 Å². The van der Waals surface area contributed by atoms with Crippen LogP contribution in [0.2, 0.25) is 0 Å². The predicted molar refractivity (Wildman–Crippen MR) is 104 cm³/mol. The van der Waals surface area contributed by atoms with E-state index in [2.05, 4.69) is 19.9 Å². The summed E-state index contributed by atoms with van der Waals surface area (Å²) in [6.45, 7) is 2.46. The molecule has 0 spiro atoms. The van der Waals surface area contributed by atoms with E-state index in [1.54, 1.807) is 35.4 Å². The maximum atomic E-state index is 12.4. The summed E-state index contributed by atoms with van der Waals surface area (Å²) in [4.78, 5) is 44.1. The molecule has 28 heavy (non-hydrogen) atoms. The Morgan fingerprint density at radius 3 is 2.36 bits per heavy atom. The number of piperazine rings is 1. The van der Waals surface area contributed by atoms with Gasteiger partial charge in [-0.05, 0) is 36.4 Å². The number of anilines is 2. The van der Waals surface area contributed by atoms with Crippen molar-refractivity contribution in [2.45, 2.75) is 6.42 Å². The third kappa shape index (κ3) is 4.85. The molecule has 1 aromatic carbocycles. The number of pyridine rings is 1. The van der Waals surface area contributed by atoms with Crippen LogP contribution in [-0.4, -0.2) is 61.0 Å². The van der Waals surface area contributed by atoms with E-state index < -0.39 is 5.97 Å². The third-order valence-corrected chi connectivity index (χ3v) is 4.51. The fraction of sp³-hybridized carbons (Fsp3) is 0.300. The van der Waals surface area contributed by atoms with Crippen molar-refractivity contribution in [3.05, 3.63) is 54.2 Å². The largest absolute Gasteiger partial charge is 0.465 e. The van der Waals surface area contributed by atoms with Crippen LogP contribution >= 0.6 is 0 Å². The molecule has 1 aliphatic rings. The topological polar surface area (TPSA) is 91.8 Å². The first-order chi connectivity index (χ1) is 13.6. The van der Waals surface area contributed by atoms with Crippen LogP contribution in [0.5, 0.6) is 0 Å². The summed E-state index contributed by atoms with van der Waals surface area (Å²) in [5, 5.41) is 2.67. The Balaban J connectivity index is 1.47. The number of carbonyl (C=O) groups is 3. The lowest BCUT2D eigenvalue weighted by Gasteiger charge is -2.35. The van der Waals surface area contributed by atoms with Crippen molar-refractivity contribution in [3.63, 3.8) is 0 Å². The number of amides is 2. The van der Waals surface area contributed by atoms with E-state index in [9.17, 15) is 14.4 Å². The van der Waals surface area contributed by atoms with Crippen LogP contribution in [0.15, 0.2) is 48.7 Å². The van der Waals surface area contributed by atoms with Crippen LogP contribution in [0, 0.1) is 0 Å². The molecular formula is C20H22N4O4. The average molecular weight is 382 g/mol. The molecule has 0 aliphatic carbocycles. The molecule has 0 saturated carbocycles. The zero-order chi connectivity index (χ0) is 19.9. The monoisotopic (exact) mass is 382 g/mol. The van der Waals surface area contributed by atoms with E-state index in [1.165, 1.54) is 7.11 Å². The van der Waals surface area contributed by atoms with Crippen molar-refractivity contribution in [1.29, 1.82) is 0 Å². The van der Waals surface area contributed by atoms with Gasteiger partial charge in [0.15, 0.2) is 0 Å². The molecule has 2 amide bonds. The molecule has 1 aromatic heterocycles. The van der Waals surface area contributed by atoms with Gasteiger partial charge in [0.1, 0.15) is 12.2 Å². The minimum atomic E-state index is -0.446. The predicted octanol–water partition coefficient (Wildman–Crippen LogP) is 1.55. The van der Waals surface area contributed by atoms with Gasteiger partial charge in [0.25, 0.3) is 0 Å². The van der Waals surface area contributed by atoms with E-state index in [0.717, 1.165) is 5.82 Å². The first-order valence-corrected chi connectivity index (χ1v) is 8.99. The molecule has 8 heteroatoms. The van der Waals surface area contributed by atoms with Crippen LogP contribution in [0.1, 0.15) is 16.8 Å². The Hall–Kier alpha value is -3.42. The number of esters is 1. The van der Waals surface area contributed by atoms with Gasteiger partial charge in [0, 0.05) is 38.1 Å². The van der Waals surface area contributed by atoms with E-state index in [1.807, 2.05) is 18.2 Å². The second-order valence-corrected chi connectivity index (χ2v) is 6.35. The number of nitrogens with zero attached hydrogens (tertiary/aromatic N) is 3. The van der Waals surface area contributed by atoms with Crippen LogP contribution < -0.4 is 10.2 Å². The zero-order valence-corrected chi connectivity index (χ0v) is 15.6. The summed E-state index contributed by atoms with van der Waals surface area (Å²) in [7, 11) is 1.31. The molecule has 2 aromatic rings. The SMILES string of the molecule is COC(=O)c1ccc(NC(=O)CC(=O)N2CCN(c3ccccn3)CC2)cc1. The highest BCUT2D eigenvalue weighted by Crippen LogP contribution is 2.14. The smallest absolute Gasteiger partial charge is 0.337 e. The van der Waals surface area contributed by atoms with Gasteiger partial charge in [-0.3, -0.25) is 9.59 Å². The van der Waals surface area contributed by atoms with Crippen LogP contribution in [-0.2, 0) is 14.3 Å². The maximum Gasteiger partial charge on any atom is 0.337 e. The number of hydrogen-bond donors (Lipinski definition) is 1. The number of benzene rings is 1. The number of carbonyl (C=O) groups excluding carboxylic acids is 3.